The summed E-state index contributed by atoms with van der Waals surface area (Å²) in [5.41, 5.74) is 3.26. The third-order valence-corrected chi connectivity index (χ3v) is 6.48. The molecule has 1 aliphatic heterocycles. The highest BCUT2D eigenvalue weighted by Crippen LogP contribution is 2.35. The van der Waals surface area contributed by atoms with Crippen LogP contribution in [0.15, 0.2) is 41.2 Å². The van der Waals surface area contributed by atoms with E-state index in [0.29, 0.717) is 18.0 Å². The molecular weight excluding hydrogens is 484 g/mol. The summed E-state index contributed by atoms with van der Waals surface area (Å²) in [5.74, 6) is 1.42. The second-order valence-corrected chi connectivity index (χ2v) is 10.8. The van der Waals surface area contributed by atoms with Gasteiger partial charge in [-0.05, 0) is 37.6 Å². The van der Waals surface area contributed by atoms with Crippen molar-refractivity contribution < 1.29 is 22.3 Å². The van der Waals surface area contributed by atoms with Crippen molar-refractivity contribution in [2.24, 2.45) is 0 Å². The molecule has 4 aromatic rings. The van der Waals surface area contributed by atoms with Gasteiger partial charge in [0.2, 0.25) is 21.8 Å². The number of nitrogens with zero attached hydrogens (tertiary/aromatic N) is 4. The predicted molar refractivity (Wildman–Crippen MR) is 135 cm³/mol. The van der Waals surface area contributed by atoms with Crippen molar-refractivity contribution in [3.63, 3.8) is 0 Å². The van der Waals surface area contributed by atoms with Crippen molar-refractivity contribution in [2.75, 3.05) is 31.2 Å². The minimum atomic E-state index is -3.53. The summed E-state index contributed by atoms with van der Waals surface area (Å²) in [5, 5.41) is 8.05. The van der Waals surface area contributed by atoms with Gasteiger partial charge in [-0.25, -0.2) is 18.4 Å². The summed E-state index contributed by atoms with van der Waals surface area (Å²) in [4.78, 5) is 11.1. The van der Waals surface area contributed by atoms with Crippen LogP contribution in [-0.2, 0) is 21.3 Å². The maximum atomic E-state index is 11.8. The number of pyridine rings is 1. The molecule has 0 saturated carbocycles. The maximum absolute atomic E-state index is 11.8. The first kappa shape index (κ1) is 24.2. The number of hydrogen-bond donors (Lipinski definition) is 2. The number of aromatic amines is 1. The van der Waals surface area contributed by atoms with Crippen molar-refractivity contribution in [3.05, 3.63) is 42.5 Å². The van der Waals surface area contributed by atoms with Gasteiger partial charge in [-0.3, -0.25) is 14.7 Å². The molecule has 1 saturated heterocycles. The van der Waals surface area contributed by atoms with Crippen molar-refractivity contribution >= 4 is 26.6 Å². The zero-order valence-corrected chi connectivity index (χ0v) is 21.3. The molecule has 3 aromatic heterocycles. The van der Waals surface area contributed by atoms with Crippen LogP contribution < -0.4 is 9.46 Å². The lowest BCUT2D eigenvalue weighted by molar-refractivity contribution is -0.0718. The van der Waals surface area contributed by atoms with Gasteiger partial charge in [0.25, 0.3) is 0 Å². The van der Waals surface area contributed by atoms with Gasteiger partial charge in [0.05, 0.1) is 50.0 Å². The van der Waals surface area contributed by atoms with Crippen molar-refractivity contribution in [1.82, 2.24) is 25.1 Å². The number of anilines is 1. The van der Waals surface area contributed by atoms with E-state index in [2.05, 4.69) is 43.6 Å². The molecule has 4 heterocycles. The average molecular weight is 513 g/mol. The van der Waals surface area contributed by atoms with Crippen molar-refractivity contribution in [1.29, 1.82) is 0 Å². The van der Waals surface area contributed by atoms with E-state index >= 15 is 0 Å². The van der Waals surface area contributed by atoms with Gasteiger partial charge in [0.1, 0.15) is 11.4 Å². The summed E-state index contributed by atoms with van der Waals surface area (Å²) in [6.07, 6.45) is 6.51. The van der Waals surface area contributed by atoms with Crippen LogP contribution in [0.3, 0.4) is 0 Å². The summed E-state index contributed by atoms with van der Waals surface area (Å²) in [7, 11) is -2.09. The predicted octanol–water partition coefficient (Wildman–Crippen LogP) is 3.27. The highest BCUT2D eigenvalue weighted by Gasteiger charge is 2.24. The van der Waals surface area contributed by atoms with Gasteiger partial charge < -0.3 is 13.9 Å². The number of nitrogens with one attached hydrogen (secondary N) is 2. The SMILES string of the molecule is COc1ncc(-c2cc(-c3ncc(CN4C[C@@H](C)O[C@H](C)C4)o3)c3cn[nH]c3c2)cc1NS(C)(=O)=O. The van der Waals surface area contributed by atoms with E-state index in [-0.39, 0.29) is 23.8 Å². The topological polar surface area (TPSA) is 135 Å². The molecule has 0 spiro atoms. The van der Waals surface area contributed by atoms with Gasteiger partial charge in [0, 0.05) is 35.8 Å². The molecule has 0 bridgehead atoms. The summed E-state index contributed by atoms with van der Waals surface area (Å²) in [6, 6.07) is 5.52. The fraction of sp³-hybridized carbons (Fsp3) is 0.375. The number of hydrogen-bond acceptors (Lipinski definition) is 9. The zero-order valence-electron chi connectivity index (χ0n) is 20.5. The van der Waals surface area contributed by atoms with Crippen LogP contribution in [0.2, 0.25) is 0 Å². The Labute approximate surface area is 208 Å². The van der Waals surface area contributed by atoms with Crippen molar-refractivity contribution in [2.45, 2.75) is 32.6 Å². The van der Waals surface area contributed by atoms with Crippen LogP contribution in [0.4, 0.5) is 5.69 Å². The van der Waals surface area contributed by atoms with E-state index in [9.17, 15) is 8.42 Å². The Hall–Kier alpha value is -3.48. The second kappa shape index (κ2) is 9.52. The van der Waals surface area contributed by atoms with Crippen LogP contribution in [0, 0.1) is 0 Å². The molecule has 2 N–H and O–H groups in total. The van der Waals surface area contributed by atoms with E-state index in [0.717, 1.165) is 47.1 Å². The number of methoxy groups -OCH3 is 1. The quantitative estimate of drug-likeness (QED) is 0.382. The number of benzene rings is 1. The molecule has 0 unspecified atom stereocenters. The molecule has 0 radical (unpaired) electrons. The Morgan fingerprint density at radius 3 is 2.61 bits per heavy atom. The fourth-order valence-corrected chi connectivity index (χ4v) is 5.13. The molecule has 12 heteroatoms. The maximum Gasteiger partial charge on any atom is 0.238 e. The Kier molecular flexibility index (Phi) is 6.41. The minimum absolute atomic E-state index is 0.165. The first-order chi connectivity index (χ1) is 17.2. The molecule has 0 aliphatic carbocycles. The number of ether oxygens (including phenoxy) is 2. The van der Waals surface area contributed by atoms with Gasteiger partial charge in [-0.2, -0.15) is 5.10 Å². The van der Waals surface area contributed by atoms with E-state index in [1.54, 1.807) is 24.7 Å². The lowest BCUT2D eigenvalue weighted by atomic mass is 10.0. The monoisotopic (exact) mass is 512 g/mol. The number of H-pyrrole nitrogens is 1. The standard InChI is InChI=1S/C24H28N6O5S/c1-14-11-30(12-15(2)34-14)13-18-9-26-23(35-18)19-5-16(6-21-20(19)10-27-28-21)17-7-22(29-36(4,31)32)24(33-3)25-8-17/h5-10,14-15,29H,11-13H2,1-4H3,(H,27,28)/t14-,15-/m1/s1. The summed E-state index contributed by atoms with van der Waals surface area (Å²) < 4.78 is 43.4. The Bertz CT molecular complexity index is 1490. The molecular formula is C24H28N6O5S. The normalized spacial score (nSPS) is 19.0. The number of oxazole rings is 1. The highest BCUT2D eigenvalue weighted by atomic mass is 32.2. The minimum Gasteiger partial charge on any atom is -0.480 e. The third kappa shape index (κ3) is 5.20. The van der Waals surface area contributed by atoms with Gasteiger partial charge in [-0.1, -0.05) is 0 Å². The number of sulfonamides is 1. The third-order valence-electron chi connectivity index (χ3n) is 5.89. The fourth-order valence-electron chi connectivity index (χ4n) is 4.58. The largest absolute Gasteiger partial charge is 0.480 e. The molecule has 0 amide bonds. The van der Waals surface area contributed by atoms with Crippen LogP contribution >= 0.6 is 0 Å². The zero-order chi connectivity index (χ0) is 25.4. The molecule has 1 fully saturated rings. The van der Waals surface area contributed by atoms with Crippen LogP contribution in [-0.4, -0.2) is 72.1 Å². The average Bonchev–Trinajstić information content (AvgIpc) is 3.46. The Morgan fingerprint density at radius 1 is 1.11 bits per heavy atom. The van der Waals surface area contributed by atoms with Crippen LogP contribution in [0.5, 0.6) is 5.88 Å². The van der Waals surface area contributed by atoms with E-state index in [4.69, 9.17) is 13.9 Å². The summed E-state index contributed by atoms with van der Waals surface area (Å²) in [6.45, 7) is 6.44. The van der Waals surface area contributed by atoms with E-state index in [1.165, 1.54) is 7.11 Å². The number of aromatic nitrogens is 4. The smallest absolute Gasteiger partial charge is 0.238 e. The summed E-state index contributed by atoms with van der Waals surface area (Å²) >= 11 is 0. The Morgan fingerprint density at radius 2 is 1.89 bits per heavy atom. The number of morpholine rings is 1. The molecule has 36 heavy (non-hydrogen) atoms. The van der Waals surface area contributed by atoms with Crippen molar-refractivity contribution in [3.8, 4) is 28.5 Å². The molecule has 1 aromatic carbocycles. The number of rotatable bonds is 7. The first-order valence-corrected chi connectivity index (χ1v) is 13.4. The second-order valence-electron chi connectivity index (χ2n) is 9.09. The van der Waals surface area contributed by atoms with Crippen LogP contribution in [0.1, 0.15) is 19.6 Å². The van der Waals surface area contributed by atoms with E-state index in [1.807, 2.05) is 12.1 Å². The Balaban J connectivity index is 1.50. The molecule has 190 valence electrons. The lowest BCUT2D eigenvalue weighted by Crippen LogP contribution is -2.44. The first-order valence-electron chi connectivity index (χ1n) is 11.5. The molecule has 2 atom stereocenters. The lowest BCUT2D eigenvalue weighted by Gasteiger charge is -2.34. The number of fused-ring (bicyclic) bond motifs is 1. The highest BCUT2D eigenvalue weighted by molar-refractivity contribution is 7.92. The molecule has 1 aliphatic rings. The molecule has 5 rings (SSSR count). The van der Waals surface area contributed by atoms with E-state index < -0.39 is 10.0 Å². The molecule has 11 nitrogen and oxygen atoms in total. The van der Waals surface area contributed by atoms with Gasteiger partial charge >= 0.3 is 0 Å². The van der Waals surface area contributed by atoms with Gasteiger partial charge in [0.15, 0.2) is 0 Å². The van der Waals surface area contributed by atoms with Gasteiger partial charge in [-0.15, -0.1) is 0 Å². The van der Waals surface area contributed by atoms with Crippen LogP contribution in [0.25, 0.3) is 33.5 Å².